The van der Waals surface area contributed by atoms with Gasteiger partial charge < -0.3 is 5.32 Å². The minimum Gasteiger partial charge on any atom is -0.317 e. The summed E-state index contributed by atoms with van der Waals surface area (Å²) in [4.78, 5) is 15.5. The van der Waals surface area contributed by atoms with E-state index in [1.807, 2.05) is 13.1 Å². The highest BCUT2D eigenvalue weighted by atomic mass is 16.1. The summed E-state index contributed by atoms with van der Waals surface area (Å²) in [5, 5.41) is 9.59. The summed E-state index contributed by atoms with van der Waals surface area (Å²) in [6, 6.07) is 2.26. The van der Waals surface area contributed by atoms with E-state index >= 15 is 0 Å². The number of hydrogen-bond donors (Lipinski definition) is 2. The topological polar surface area (TPSA) is 75.1 Å². The van der Waals surface area contributed by atoms with Gasteiger partial charge in [0, 0.05) is 24.2 Å². The van der Waals surface area contributed by atoms with E-state index in [9.17, 15) is 4.79 Å². The number of rotatable bonds is 5. The van der Waals surface area contributed by atoms with Gasteiger partial charge in [0.1, 0.15) is 6.33 Å². The largest absolute Gasteiger partial charge is 0.348 e. The lowest BCUT2D eigenvalue weighted by molar-refractivity contribution is 0.508. The average molecular weight is 235 g/mol. The Bertz CT molecular complexity index is 544. The van der Waals surface area contributed by atoms with Crippen molar-refractivity contribution >= 4 is 5.65 Å². The van der Waals surface area contributed by atoms with Crippen molar-refractivity contribution in [2.75, 3.05) is 7.05 Å². The second-order valence-corrected chi connectivity index (χ2v) is 4.12. The number of nitrogens with one attached hydrogen (secondary N) is 2. The van der Waals surface area contributed by atoms with Crippen LogP contribution in [0.25, 0.3) is 5.65 Å². The van der Waals surface area contributed by atoms with Crippen LogP contribution in [0.4, 0.5) is 0 Å². The maximum absolute atomic E-state index is 11.3. The number of H-pyrrole nitrogens is 1. The van der Waals surface area contributed by atoms with E-state index in [1.54, 1.807) is 0 Å². The van der Waals surface area contributed by atoms with E-state index in [4.69, 9.17) is 0 Å². The molecule has 1 atom stereocenters. The van der Waals surface area contributed by atoms with Crippen LogP contribution < -0.4 is 11.0 Å². The van der Waals surface area contributed by atoms with Crippen molar-refractivity contribution < 1.29 is 0 Å². The Labute approximate surface area is 99.1 Å². The van der Waals surface area contributed by atoms with Crippen molar-refractivity contribution in [2.45, 2.75) is 32.2 Å². The number of aromatic nitrogens is 4. The fourth-order valence-corrected chi connectivity index (χ4v) is 1.91. The van der Waals surface area contributed by atoms with Crippen LogP contribution in [-0.4, -0.2) is 32.7 Å². The van der Waals surface area contributed by atoms with Crippen LogP contribution in [0.3, 0.4) is 0 Å². The van der Waals surface area contributed by atoms with E-state index in [1.165, 1.54) is 10.7 Å². The zero-order chi connectivity index (χ0) is 12.3. The molecule has 0 fully saturated rings. The Morgan fingerprint density at radius 3 is 3.12 bits per heavy atom. The van der Waals surface area contributed by atoms with Crippen LogP contribution in [0, 0.1) is 0 Å². The summed E-state index contributed by atoms with van der Waals surface area (Å²) in [5.74, 6) is 0. The zero-order valence-electron chi connectivity index (χ0n) is 10.1. The summed E-state index contributed by atoms with van der Waals surface area (Å²) >= 11 is 0. The summed E-state index contributed by atoms with van der Waals surface area (Å²) < 4.78 is 1.40. The molecule has 0 radical (unpaired) electrons. The summed E-state index contributed by atoms with van der Waals surface area (Å²) in [7, 11) is 1.96. The van der Waals surface area contributed by atoms with Gasteiger partial charge in [0.05, 0.1) is 0 Å². The van der Waals surface area contributed by atoms with Crippen LogP contribution in [0.5, 0.6) is 0 Å². The molecule has 17 heavy (non-hydrogen) atoms. The third kappa shape index (κ3) is 2.52. The SMILES string of the molecule is CCCC(Cc1cc2n[nH]c(=O)n2cn1)NC. The van der Waals surface area contributed by atoms with Crippen LogP contribution in [-0.2, 0) is 6.42 Å². The molecule has 2 N–H and O–H groups in total. The number of nitrogens with zero attached hydrogens (tertiary/aromatic N) is 3. The first-order valence-electron chi connectivity index (χ1n) is 5.83. The quantitative estimate of drug-likeness (QED) is 0.784. The van der Waals surface area contributed by atoms with Crippen molar-refractivity contribution in [1.82, 2.24) is 24.9 Å². The molecular formula is C11H17N5O. The summed E-state index contributed by atoms with van der Waals surface area (Å²) in [6.07, 6.45) is 4.61. The third-order valence-electron chi connectivity index (χ3n) is 2.87. The number of likely N-dealkylation sites (N-methyl/N-ethyl adjacent to an activating group) is 1. The molecule has 2 rings (SSSR count). The van der Waals surface area contributed by atoms with E-state index < -0.39 is 0 Å². The van der Waals surface area contributed by atoms with E-state index in [2.05, 4.69) is 27.4 Å². The minimum absolute atomic E-state index is 0.252. The Morgan fingerprint density at radius 2 is 2.41 bits per heavy atom. The van der Waals surface area contributed by atoms with Gasteiger partial charge in [-0.3, -0.25) is 0 Å². The van der Waals surface area contributed by atoms with Gasteiger partial charge in [-0.05, 0) is 13.5 Å². The second-order valence-electron chi connectivity index (χ2n) is 4.12. The van der Waals surface area contributed by atoms with Crippen LogP contribution in [0.15, 0.2) is 17.2 Å². The third-order valence-corrected chi connectivity index (χ3v) is 2.87. The minimum atomic E-state index is -0.252. The number of aromatic amines is 1. The van der Waals surface area contributed by atoms with Gasteiger partial charge in [-0.25, -0.2) is 19.3 Å². The Balaban J connectivity index is 2.21. The molecule has 0 amide bonds. The Hall–Kier alpha value is -1.69. The lowest BCUT2D eigenvalue weighted by atomic mass is 10.1. The predicted octanol–water partition coefficient (Wildman–Crippen LogP) is 0.348. The first-order chi connectivity index (χ1) is 8.24. The van der Waals surface area contributed by atoms with Crippen molar-refractivity contribution in [3.05, 3.63) is 28.6 Å². The molecule has 92 valence electrons. The smallest absolute Gasteiger partial charge is 0.317 e. The Morgan fingerprint density at radius 1 is 1.59 bits per heavy atom. The molecule has 2 aromatic heterocycles. The average Bonchev–Trinajstić information content (AvgIpc) is 2.70. The summed E-state index contributed by atoms with van der Waals surface area (Å²) in [5.41, 5.74) is 1.31. The van der Waals surface area contributed by atoms with Gasteiger partial charge in [-0.15, -0.1) is 0 Å². The van der Waals surface area contributed by atoms with Crippen molar-refractivity contribution in [1.29, 1.82) is 0 Å². The molecule has 0 aliphatic heterocycles. The molecule has 0 saturated heterocycles. The van der Waals surface area contributed by atoms with Gasteiger partial charge in [0.15, 0.2) is 5.65 Å². The molecule has 2 aromatic rings. The summed E-state index contributed by atoms with van der Waals surface area (Å²) in [6.45, 7) is 2.16. The molecule has 1 unspecified atom stereocenters. The Kier molecular flexibility index (Phi) is 3.53. The van der Waals surface area contributed by atoms with Gasteiger partial charge in [-0.2, -0.15) is 5.10 Å². The highest BCUT2D eigenvalue weighted by molar-refractivity contribution is 5.36. The normalized spacial score (nSPS) is 13.1. The van der Waals surface area contributed by atoms with Crippen molar-refractivity contribution in [2.24, 2.45) is 0 Å². The molecular weight excluding hydrogens is 218 g/mol. The van der Waals surface area contributed by atoms with E-state index in [-0.39, 0.29) is 5.69 Å². The molecule has 0 spiro atoms. The highest BCUT2D eigenvalue weighted by Crippen LogP contribution is 2.06. The maximum atomic E-state index is 11.3. The first kappa shape index (κ1) is 11.8. The van der Waals surface area contributed by atoms with Gasteiger partial charge in [0.2, 0.25) is 0 Å². The van der Waals surface area contributed by atoms with Gasteiger partial charge in [-0.1, -0.05) is 13.3 Å². The molecule has 2 heterocycles. The highest BCUT2D eigenvalue weighted by Gasteiger charge is 2.08. The zero-order valence-corrected chi connectivity index (χ0v) is 10.1. The number of hydrogen-bond acceptors (Lipinski definition) is 4. The monoisotopic (exact) mass is 235 g/mol. The molecule has 0 aliphatic carbocycles. The molecule has 0 aliphatic rings. The van der Waals surface area contributed by atoms with Crippen molar-refractivity contribution in [3.63, 3.8) is 0 Å². The molecule has 0 bridgehead atoms. The van der Waals surface area contributed by atoms with Crippen molar-refractivity contribution in [3.8, 4) is 0 Å². The lowest BCUT2D eigenvalue weighted by Gasteiger charge is -2.14. The molecule has 6 heteroatoms. The second kappa shape index (κ2) is 5.09. The lowest BCUT2D eigenvalue weighted by Crippen LogP contribution is -2.27. The van der Waals surface area contributed by atoms with Gasteiger partial charge in [0.25, 0.3) is 0 Å². The maximum Gasteiger partial charge on any atom is 0.348 e. The molecule has 0 saturated carbocycles. The standard InChI is InChI=1S/C11H17N5O/c1-3-4-8(12-2)5-9-6-10-14-15-11(17)16(10)7-13-9/h6-8,12H,3-5H2,1-2H3,(H,15,17). The molecule has 6 nitrogen and oxygen atoms in total. The predicted molar refractivity (Wildman–Crippen MR) is 65.1 cm³/mol. The van der Waals surface area contributed by atoms with Crippen LogP contribution in [0.1, 0.15) is 25.5 Å². The van der Waals surface area contributed by atoms with Crippen LogP contribution >= 0.6 is 0 Å². The first-order valence-corrected chi connectivity index (χ1v) is 5.83. The van der Waals surface area contributed by atoms with E-state index in [0.29, 0.717) is 11.7 Å². The molecule has 0 aromatic carbocycles. The fraction of sp³-hybridized carbons (Fsp3) is 0.545. The van der Waals surface area contributed by atoms with E-state index in [0.717, 1.165) is 25.0 Å². The van der Waals surface area contributed by atoms with Crippen LogP contribution in [0.2, 0.25) is 0 Å². The van der Waals surface area contributed by atoms with Gasteiger partial charge >= 0.3 is 5.69 Å². The number of fused-ring (bicyclic) bond motifs is 1. The fourth-order valence-electron chi connectivity index (χ4n) is 1.91.